The molecule has 1 heterocycles. The number of aryl methyl sites for hydroxylation is 1. The average Bonchev–Trinajstić information content (AvgIpc) is 2.29. The molecule has 0 aliphatic rings. The summed E-state index contributed by atoms with van der Waals surface area (Å²) in [5, 5.41) is 14.2. The Morgan fingerprint density at radius 1 is 1.85 bits per heavy atom. The van der Waals surface area contributed by atoms with Gasteiger partial charge in [-0.1, -0.05) is 0 Å². The number of aromatic nitrogens is 2. The van der Waals surface area contributed by atoms with Gasteiger partial charge < -0.3 is 15.8 Å². The van der Waals surface area contributed by atoms with Gasteiger partial charge in [-0.25, -0.2) is 0 Å². The summed E-state index contributed by atoms with van der Waals surface area (Å²) in [5.74, 6) is -0.0966. The molecule has 72 valence electrons. The Labute approximate surface area is 75.5 Å². The summed E-state index contributed by atoms with van der Waals surface area (Å²) in [7, 11) is 0. The summed E-state index contributed by atoms with van der Waals surface area (Å²) in [5.41, 5.74) is 6.09. The van der Waals surface area contributed by atoms with Crippen molar-refractivity contribution in [1.29, 1.82) is 0 Å². The first kappa shape index (κ1) is 9.66. The van der Waals surface area contributed by atoms with E-state index in [2.05, 4.69) is 5.10 Å². The van der Waals surface area contributed by atoms with Gasteiger partial charge in [-0.15, -0.1) is 0 Å². The molecule has 2 N–H and O–H groups in total. The van der Waals surface area contributed by atoms with Gasteiger partial charge >= 0.3 is 5.82 Å². The molecule has 0 amide bonds. The average molecular weight is 184 g/mol. The zero-order valence-corrected chi connectivity index (χ0v) is 7.60. The van der Waals surface area contributed by atoms with Gasteiger partial charge in [0.05, 0.1) is 23.4 Å². The minimum atomic E-state index is -0.493. The third kappa shape index (κ3) is 2.25. The number of rotatable bonds is 3. The van der Waals surface area contributed by atoms with Crippen molar-refractivity contribution in [1.82, 2.24) is 9.78 Å². The molecule has 0 aromatic carbocycles. The Morgan fingerprint density at radius 3 is 2.85 bits per heavy atom. The van der Waals surface area contributed by atoms with Crippen LogP contribution in [0.25, 0.3) is 0 Å². The number of hydrogen-bond donors (Lipinski definition) is 1. The van der Waals surface area contributed by atoms with Crippen LogP contribution in [0.15, 0.2) is 6.20 Å². The second-order valence-electron chi connectivity index (χ2n) is 3.09. The first-order valence-corrected chi connectivity index (χ1v) is 3.94. The van der Waals surface area contributed by atoms with E-state index >= 15 is 0 Å². The molecular formula is C7H12N4O2. The molecule has 1 aromatic heterocycles. The van der Waals surface area contributed by atoms with E-state index in [0.29, 0.717) is 12.1 Å². The second-order valence-corrected chi connectivity index (χ2v) is 3.09. The maximum atomic E-state index is 10.4. The van der Waals surface area contributed by atoms with Crippen molar-refractivity contribution in [2.75, 3.05) is 0 Å². The van der Waals surface area contributed by atoms with Crippen molar-refractivity contribution in [3.63, 3.8) is 0 Å². The molecule has 0 saturated carbocycles. The summed E-state index contributed by atoms with van der Waals surface area (Å²) in [6.07, 6.45) is 1.63. The van der Waals surface area contributed by atoms with Gasteiger partial charge in [0, 0.05) is 6.04 Å². The van der Waals surface area contributed by atoms with Crippen molar-refractivity contribution in [2.45, 2.75) is 26.4 Å². The van der Waals surface area contributed by atoms with E-state index in [1.807, 2.05) is 6.92 Å². The third-order valence-corrected chi connectivity index (χ3v) is 1.57. The van der Waals surface area contributed by atoms with E-state index in [4.69, 9.17) is 5.73 Å². The number of nitro groups is 1. The summed E-state index contributed by atoms with van der Waals surface area (Å²) in [6, 6.07) is -0.0566. The van der Waals surface area contributed by atoms with E-state index in [1.165, 1.54) is 4.68 Å². The topological polar surface area (TPSA) is 87.0 Å². The molecule has 1 rings (SSSR count). The first-order valence-electron chi connectivity index (χ1n) is 3.94. The second kappa shape index (κ2) is 3.53. The van der Waals surface area contributed by atoms with Crippen LogP contribution in [0.3, 0.4) is 0 Å². The summed E-state index contributed by atoms with van der Waals surface area (Å²) >= 11 is 0. The molecule has 6 nitrogen and oxygen atoms in total. The molecule has 0 bridgehead atoms. The van der Waals surface area contributed by atoms with Gasteiger partial charge in [-0.3, -0.25) is 0 Å². The maximum Gasteiger partial charge on any atom is 0.392 e. The van der Waals surface area contributed by atoms with Crippen LogP contribution in [0.4, 0.5) is 5.82 Å². The molecule has 0 aliphatic heterocycles. The predicted molar refractivity (Wildman–Crippen MR) is 47.3 cm³/mol. The zero-order valence-electron chi connectivity index (χ0n) is 7.60. The van der Waals surface area contributed by atoms with Crippen LogP contribution in [-0.4, -0.2) is 20.7 Å². The summed E-state index contributed by atoms with van der Waals surface area (Å²) in [4.78, 5) is 9.93. The Morgan fingerprint density at radius 2 is 2.46 bits per heavy atom. The number of nitrogens with two attached hydrogens (primary N) is 1. The normalized spacial score (nSPS) is 12.8. The number of nitrogens with zero attached hydrogens (tertiary/aromatic N) is 3. The van der Waals surface area contributed by atoms with E-state index < -0.39 is 4.92 Å². The standard InChI is InChI=1S/C7H12N4O2/c1-5-3-10(4-6(2)8)9-7(5)11(12)13/h3,6H,4,8H2,1-2H3. The lowest BCUT2D eigenvalue weighted by Crippen LogP contribution is -2.22. The van der Waals surface area contributed by atoms with Crippen molar-refractivity contribution in [3.05, 3.63) is 21.9 Å². The highest BCUT2D eigenvalue weighted by atomic mass is 16.6. The SMILES string of the molecule is Cc1cn(CC(C)N)nc1[N+](=O)[O-]. The first-order chi connectivity index (χ1) is 6.00. The fraction of sp³-hybridized carbons (Fsp3) is 0.571. The van der Waals surface area contributed by atoms with Crippen LogP contribution in [0, 0.1) is 17.0 Å². The molecule has 0 saturated heterocycles. The van der Waals surface area contributed by atoms with Crippen molar-refractivity contribution >= 4 is 5.82 Å². The highest BCUT2D eigenvalue weighted by Gasteiger charge is 2.17. The van der Waals surface area contributed by atoms with E-state index in [-0.39, 0.29) is 11.9 Å². The lowest BCUT2D eigenvalue weighted by atomic mass is 10.3. The molecule has 0 aliphatic carbocycles. The Kier molecular flexibility index (Phi) is 2.62. The van der Waals surface area contributed by atoms with Gasteiger partial charge in [0.25, 0.3) is 0 Å². The molecule has 1 aromatic rings. The molecule has 13 heavy (non-hydrogen) atoms. The summed E-state index contributed by atoms with van der Waals surface area (Å²) in [6.45, 7) is 3.97. The highest BCUT2D eigenvalue weighted by molar-refractivity contribution is 5.27. The molecule has 1 atom stereocenters. The number of hydrogen-bond acceptors (Lipinski definition) is 4. The minimum absolute atomic E-state index is 0.0566. The van der Waals surface area contributed by atoms with Crippen LogP contribution < -0.4 is 5.73 Å². The Balaban J connectivity index is 2.89. The van der Waals surface area contributed by atoms with Crippen LogP contribution in [0.2, 0.25) is 0 Å². The molecule has 0 fully saturated rings. The van der Waals surface area contributed by atoms with Crippen LogP contribution >= 0.6 is 0 Å². The molecule has 0 radical (unpaired) electrons. The Bertz CT molecular complexity index is 318. The molecule has 0 spiro atoms. The zero-order chi connectivity index (χ0) is 10.0. The largest absolute Gasteiger partial charge is 0.392 e. The van der Waals surface area contributed by atoms with Gasteiger partial charge in [-0.2, -0.15) is 4.68 Å². The fourth-order valence-electron chi connectivity index (χ4n) is 1.08. The van der Waals surface area contributed by atoms with Gasteiger partial charge in [0.2, 0.25) is 0 Å². The predicted octanol–water partition coefficient (Wildman–Crippen LogP) is 0.447. The summed E-state index contributed by atoms with van der Waals surface area (Å²) < 4.78 is 1.50. The monoisotopic (exact) mass is 184 g/mol. The highest BCUT2D eigenvalue weighted by Crippen LogP contribution is 2.13. The van der Waals surface area contributed by atoms with Crippen molar-refractivity contribution in [2.24, 2.45) is 5.73 Å². The van der Waals surface area contributed by atoms with Gasteiger partial charge in [-0.05, 0) is 18.8 Å². The fourth-order valence-corrected chi connectivity index (χ4v) is 1.08. The third-order valence-electron chi connectivity index (χ3n) is 1.57. The Hall–Kier alpha value is -1.43. The van der Waals surface area contributed by atoms with Crippen molar-refractivity contribution in [3.8, 4) is 0 Å². The molecular weight excluding hydrogens is 172 g/mol. The van der Waals surface area contributed by atoms with Crippen LogP contribution in [0.1, 0.15) is 12.5 Å². The van der Waals surface area contributed by atoms with E-state index in [9.17, 15) is 10.1 Å². The lowest BCUT2D eigenvalue weighted by Gasteiger charge is -1.99. The van der Waals surface area contributed by atoms with Gasteiger partial charge in [0.1, 0.15) is 0 Å². The van der Waals surface area contributed by atoms with Crippen LogP contribution in [0.5, 0.6) is 0 Å². The molecule has 1 unspecified atom stereocenters. The smallest absolute Gasteiger partial charge is 0.358 e. The van der Waals surface area contributed by atoms with E-state index in [0.717, 1.165) is 0 Å². The quantitative estimate of drug-likeness (QED) is 0.545. The van der Waals surface area contributed by atoms with Crippen LogP contribution in [-0.2, 0) is 6.54 Å². The van der Waals surface area contributed by atoms with Gasteiger partial charge in [0.15, 0.2) is 0 Å². The minimum Gasteiger partial charge on any atom is -0.358 e. The molecule has 6 heteroatoms. The van der Waals surface area contributed by atoms with E-state index in [1.54, 1.807) is 13.1 Å². The lowest BCUT2D eigenvalue weighted by molar-refractivity contribution is -0.390. The van der Waals surface area contributed by atoms with Crippen molar-refractivity contribution < 1.29 is 4.92 Å². The maximum absolute atomic E-state index is 10.4.